The zero-order chi connectivity index (χ0) is 8.65. The van der Waals surface area contributed by atoms with Crippen LogP contribution in [0.3, 0.4) is 0 Å². The Morgan fingerprint density at radius 1 is 1.08 bits per heavy atom. The van der Waals surface area contributed by atoms with Crippen LogP contribution in [-0.2, 0) is 0 Å². The van der Waals surface area contributed by atoms with Gasteiger partial charge in [-0.05, 0) is 44.4 Å². The lowest BCUT2D eigenvalue weighted by Gasteiger charge is -2.07. The Hall–Kier alpha value is -0.520. The summed E-state index contributed by atoms with van der Waals surface area (Å²) in [6.07, 6.45) is 17.3. The van der Waals surface area contributed by atoms with Crippen molar-refractivity contribution >= 4 is 0 Å². The van der Waals surface area contributed by atoms with Gasteiger partial charge in [-0.25, -0.2) is 0 Å². The molecule has 0 N–H and O–H groups in total. The van der Waals surface area contributed by atoms with Gasteiger partial charge < -0.3 is 0 Å². The average molecular weight is 164 g/mol. The number of rotatable bonds is 1. The maximum Gasteiger partial charge on any atom is -0.0202 e. The van der Waals surface area contributed by atoms with Gasteiger partial charge in [0, 0.05) is 0 Å². The normalized spacial score (nSPS) is 28.2. The summed E-state index contributed by atoms with van der Waals surface area (Å²) >= 11 is 0. The molecule has 68 valence electrons. The number of hydrogen-bond acceptors (Lipinski definition) is 0. The molecule has 1 aliphatic carbocycles. The van der Waals surface area contributed by atoms with Crippen LogP contribution in [0.2, 0.25) is 0 Å². The van der Waals surface area contributed by atoms with Crippen LogP contribution in [0, 0.1) is 5.92 Å². The van der Waals surface area contributed by atoms with E-state index in [-0.39, 0.29) is 0 Å². The van der Waals surface area contributed by atoms with Gasteiger partial charge >= 0.3 is 0 Å². The molecule has 0 saturated carbocycles. The molecule has 0 aromatic rings. The van der Waals surface area contributed by atoms with Crippen molar-refractivity contribution in [2.24, 2.45) is 5.92 Å². The first-order chi connectivity index (χ1) is 5.93. The molecule has 0 aromatic heterocycles. The highest BCUT2D eigenvalue weighted by atomic mass is 14.0. The third-order valence-corrected chi connectivity index (χ3v) is 2.53. The minimum atomic E-state index is 0.791. The van der Waals surface area contributed by atoms with E-state index in [2.05, 4.69) is 31.2 Å². The molecule has 0 heteroatoms. The highest BCUT2D eigenvalue weighted by molar-refractivity contribution is 4.94. The number of hydrogen-bond donors (Lipinski definition) is 0. The van der Waals surface area contributed by atoms with Gasteiger partial charge in [0.1, 0.15) is 0 Å². The first kappa shape index (κ1) is 9.57. The van der Waals surface area contributed by atoms with Gasteiger partial charge in [-0.3, -0.25) is 0 Å². The predicted molar refractivity (Wildman–Crippen MR) is 55.1 cm³/mol. The molecule has 0 saturated heterocycles. The summed E-state index contributed by atoms with van der Waals surface area (Å²) in [4.78, 5) is 0. The second kappa shape index (κ2) is 6.05. The Morgan fingerprint density at radius 2 is 1.83 bits per heavy atom. The summed E-state index contributed by atoms with van der Waals surface area (Å²) in [7, 11) is 0. The predicted octanol–water partition coefficient (Wildman–Crippen LogP) is 4.09. The third-order valence-electron chi connectivity index (χ3n) is 2.53. The Kier molecular flexibility index (Phi) is 4.82. The van der Waals surface area contributed by atoms with Crippen LogP contribution < -0.4 is 0 Å². The fraction of sp³-hybridized carbons (Fsp3) is 0.667. The van der Waals surface area contributed by atoms with Crippen LogP contribution in [0.15, 0.2) is 24.3 Å². The highest BCUT2D eigenvalue weighted by Gasteiger charge is 1.98. The van der Waals surface area contributed by atoms with E-state index in [0.29, 0.717) is 0 Å². The van der Waals surface area contributed by atoms with Gasteiger partial charge in [-0.1, -0.05) is 31.2 Å². The molecule has 0 heterocycles. The van der Waals surface area contributed by atoms with Crippen LogP contribution in [0.25, 0.3) is 0 Å². The minimum absolute atomic E-state index is 0.791. The fourth-order valence-corrected chi connectivity index (χ4v) is 1.58. The molecule has 0 bridgehead atoms. The number of allylic oxidation sites excluding steroid dienone is 4. The summed E-state index contributed by atoms with van der Waals surface area (Å²) < 4.78 is 0. The van der Waals surface area contributed by atoms with Crippen molar-refractivity contribution in [1.82, 2.24) is 0 Å². The molecule has 0 fully saturated rings. The van der Waals surface area contributed by atoms with E-state index in [1.165, 1.54) is 38.5 Å². The first-order valence-corrected chi connectivity index (χ1v) is 5.25. The molecule has 1 aliphatic rings. The Labute approximate surface area is 76.4 Å². The Balaban J connectivity index is 2.40. The van der Waals surface area contributed by atoms with Crippen molar-refractivity contribution in [3.8, 4) is 0 Å². The third kappa shape index (κ3) is 3.75. The Bertz CT molecular complexity index is 153. The summed E-state index contributed by atoms with van der Waals surface area (Å²) in [5.41, 5.74) is 0. The van der Waals surface area contributed by atoms with E-state index in [1.807, 2.05) is 0 Å². The SMILES string of the molecule is CCC1C=CCCCC/C=C\C1. The lowest BCUT2D eigenvalue weighted by atomic mass is 9.99. The van der Waals surface area contributed by atoms with Crippen molar-refractivity contribution in [2.75, 3.05) is 0 Å². The van der Waals surface area contributed by atoms with Gasteiger partial charge in [0.05, 0.1) is 0 Å². The maximum absolute atomic E-state index is 2.40. The van der Waals surface area contributed by atoms with Crippen LogP contribution >= 0.6 is 0 Å². The monoisotopic (exact) mass is 164 g/mol. The second-order valence-corrected chi connectivity index (χ2v) is 3.59. The van der Waals surface area contributed by atoms with E-state index >= 15 is 0 Å². The molecule has 1 rings (SSSR count). The van der Waals surface area contributed by atoms with Crippen LogP contribution in [0.4, 0.5) is 0 Å². The molecular weight excluding hydrogens is 144 g/mol. The average Bonchev–Trinajstić information content (AvgIpc) is 2.14. The standard InChI is InChI=1S/C12H20/c1-2-12-10-8-6-4-3-5-7-9-11-12/h6,8-9,11-12H,2-5,7,10H2,1H3/b8-6-,11-9?. The quantitative estimate of drug-likeness (QED) is 0.512. The van der Waals surface area contributed by atoms with Crippen molar-refractivity contribution in [2.45, 2.75) is 45.4 Å². The van der Waals surface area contributed by atoms with Gasteiger partial charge in [0.2, 0.25) is 0 Å². The molecule has 12 heavy (non-hydrogen) atoms. The molecular formula is C12H20. The van der Waals surface area contributed by atoms with E-state index in [0.717, 1.165) is 5.92 Å². The first-order valence-electron chi connectivity index (χ1n) is 5.25. The van der Waals surface area contributed by atoms with Crippen molar-refractivity contribution in [1.29, 1.82) is 0 Å². The minimum Gasteiger partial charge on any atom is -0.0885 e. The summed E-state index contributed by atoms with van der Waals surface area (Å²) in [6.45, 7) is 2.27. The molecule has 0 aliphatic heterocycles. The zero-order valence-electron chi connectivity index (χ0n) is 8.13. The van der Waals surface area contributed by atoms with Gasteiger partial charge in [0.15, 0.2) is 0 Å². The molecule has 0 radical (unpaired) electrons. The van der Waals surface area contributed by atoms with E-state index < -0.39 is 0 Å². The lowest BCUT2D eigenvalue weighted by molar-refractivity contribution is 0.627. The van der Waals surface area contributed by atoms with Crippen molar-refractivity contribution in [3.63, 3.8) is 0 Å². The maximum atomic E-state index is 2.40. The van der Waals surface area contributed by atoms with Crippen LogP contribution in [-0.4, -0.2) is 0 Å². The summed E-state index contributed by atoms with van der Waals surface area (Å²) in [5, 5.41) is 0. The zero-order valence-corrected chi connectivity index (χ0v) is 8.13. The van der Waals surface area contributed by atoms with Crippen molar-refractivity contribution < 1.29 is 0 Å². The van der Waals surface area contributed by atoms with Crippen molar-refractivity contribution in [3.05, 3.63) is 24.3 Å². The van der Waals surface area contributed by atoms with Crippen LogP contribution in [0.5, 0.6) is 0 Å². The molecule has 1 atom stereocenters. The topological polar surface area (TPSA) is 0 Å². The molecule has 0 amide bonds. The lowest BCUT2D eigenvalue weighted by Crippen LogP contribution is -1.92. The Morgan fingerprint density at radius 3 is 2.58 bits per heavy atom. The molecule has 0 aromatic carbocycles. The largest absolute Gasteiger partial charge is 0.0885 e. The smallest absolute Gasteiger partial charge is 0.0202 e. The van der Waals surface area contributed by atoms with Gasteiger partial charge in [-0.15, -0.1) is 0 Å². The molecule has 0 spiro atoms. The van der Waals surface area contributed by atoms with E-state index in [9.17, 15) is 0 Å². The van der Waals surface area contributed by atoms with E-state index in [4.69, 9.17) is 0 Å². The molecule has 1 unspecified atom stereocenters. The van der Waals surface area contributed by atoms with Gasteiger partial charge in [-0.2, -0.15) is 0 Å². The fourth-order valence-electron chi connectivity index (χ4n) is 1.58. The van der Waals surface area contributed by atoms with Gasteiger partial charge in [0.25, 0.3) is 0 Å². The highest BCUT2D eigenvalue weighted by Crippen LogP contribution is 2.14. The molecule has 0 nitrogen and oxygen atoms in total. The summed E-state index contributed by atoms with van der Waals surface area (Å²) in [6, 6.07) is 0. The summed E-state index contributed by atoms with van der Waals surface area (Å²) in [5.74, 6) is 0.791. The second-order valence-electron chi connectivity index (χ2n) is 3.59. The van der Waals surface area contributed by atoms with Crippen LogP contribution in [0.1, 0.15) is 45.4 Å². The van der Waals surface area contributed by atoms with E-state index in [1.54, 1.807) is 0 Å².